The van der Waals surface area contributed by atoms with Crippen molar-refractivity contribution in [3.8, 4) is 5.75 Å². The van der Waals surface area contributed by atoms with E-state index in [4.69, 9.17) is 16.3 Å². The van der Waals surface area contributed by atoms with E-state index in [0.29, 0.717) is 24.2 Å². The molecule has 1 aromatic heterocycles. The van der Waals surface area contributed by atoms with Gasteiger partial charge in [0.15, 0.2) is 5.96 Å². The number of aromatic nitrogens is 1. The summed E-state index contributed by atoms with van der Waals surface area (Å²) < 4.78 is 5.68. The Bertz CT molecular complexity index is 741. The van der Waals surface area contributed by atoms with E-state index in [0.717, 1.165) is 23.4 Å². The van der Waals surface area contributed by atoms with Gasteiger partial charge in [-0.25, -0.2) is 9.98 Å². The molecule has 28 heavy (non-hydrogen) atoms. The molecule has 0 aliphatic rings. The van der Waals surface area contributed by atoms with E-state index in [2.05, 4.69) is 20.6 Å². The van der Waals surface area contributed by atoms with Gasteiger partial charge in [0.2, 0.25) is 0 Å². The summed E-state index contributed by atoms with van der Waals surface area (Å²) in [5.74, 6) is 1.37. The first-order valence-corrected chi connectivity index (χ1v) is 9.43. The summed E-state index contributed by atoms with van der Waals surface area (Å²) in [5, 5.41) is 17.3. The Morgan fingerprint density at radius 1 is 1.25 bits per heavy atom. The van der Waals surface area contributed by atoms with Crippen molar-refractivity contribution in [3.63, 3.8) is 0 Å². The Morgan fingerprint density at radius 3 is 2.68 bits per heavy atom. The monoisotopic (exact) mass is 518 g/mol. The highest BCUT2D eigenvalue weighted by atomic mass is 127. The first-order valence-electron chi connectivity index (χ1n) is 9.05. The molecule has 0 fully saturated rings. The third-order valence-corrected chi connectivity index (χ3v) is 3.85. The van der Waals surface area contributed by atoms with Crippen LogP contribution in [0, 0.1) is 0 Å². The van der Waals surface area contributed by atoms with Crippen LogP contribution < -0.4 is 15.4 Å². The number of aliphatic hydroxyl groups is 1. The van der Waals surface area contributed by atoms with Crippen LogP contribution in [0.3, 0.4) is 0 Å². The molecule has 0 aliphatic heterocycles. The van der Waals surface area contributed by atoms with Gasteiger partial charge in [0.1, 0.15) is 10.9 Å². The lowest BCUT2D eigenvalue weighted by molar-refractivity contribution is 0.179. The summed E-state index contributed by atoms with van der Waals surface area (Å²) >= 11 is 5.80. The highest BCUT2D eigenvalue weighted by Gasteiger charge is 2.10. The predicted molar refractivity (Wildman–Crippen MR) is 125 cm³/mol. The summed E-state index contributed by atoms with van der Waals surface area (Å²) in [6, 6.07) is 11.1. The first kappa shape index (κ1) is 24.5. The van der Waals surface area contributed by atoms with Crippen LogP contribution in [0.15, 0.2) is 47.6 Å². The van der Waals surface area contributed by atoms with Crippen LogP contribution in [0.2, 0.25) is 5.15 Å². The number of aliphatic imine (C=N–C) groups is 1. The number of rotatable bonds is 8. The van der Waals surface area contributed by atoms with Gasteiger partial charge in [-0.05, 0) is 50.1 Å². The fourth-order valence-corrected chi connectivity index (χ4v) is 2.50. The third kappa shape index (κ3) is 8.62. The molecule has 0 aliphatic carbocycles. The van der Waals surface area contributed by atoms with E-state index in [9.17, 15) is 5.11 Å². The molecular formula is C20H28ClIN4O2. The number of halogens is 2. The number of aliphatic hydroxyl groups excluding tert-OH is 1. The zero-order valence-corrected chi connectivity index (χ0v) is 19.4. The van der Waals surface area contributed by atoms with Crippen molar-refractivity contribution in [1.82, 2.24) is 15.6 Å². The average molecular weight is 519 g/mol. The molecule has 0 spiro atoms. The Labute approximate surface area is 188 Å². The van der Waals surface area contributed by atoms with Crippen molar-refractivity contribution in [2.24, 2.45) is 4.99 Å². The van der Waals surface area contributed by atoms with Gasteiger partial charge < -0.3 is 20.5 Å². The van der Waals surface area contributed by atoms with Crippen LogP contribution in [-0.2, 0) is 6.54 Å². The molecule has 0 saturated heterocycles. The van der Waals surface area contributed by atoms with E-state index in [1.165, 1.54) is 0 Å². The lowest BCUT2D eigenvalue weighted by atomic mass is 10.1. The molecule has 8 heteroatoms. The summed E-state index contributed by atoms with van der Waals surface area (Å²) in [6.07, 6.45) is 1.11. The molecule has 1 aromatic carbocycles. The number of pyridine rings is 1. The summed E-state index contributed by atoms with van der Waals surface area (Å²) in [5.41, 5.74) is 1.74. The lowest BCUT2D eigenvalue weighted by Gasteiger charge is -2.17. The number of benzene rings is 1. The number of hydrogen-bond acceptors (Lipinski definition) is 4. The first-order chi connectivity index (χ1) is 13.0. The van der Waals surface area contributed by atoms with Gasteiger partial charge in [-0.1, -0.05) is 29.8 Å². The van der Waals surface area contributed by atoms with Gasteiger partial charge in [0.25, 0.3) is 0 Å². The molecule has 6 nitrogen and oxygen atoms in total. The fourth-order valence-electron chi connectivity index (χ4n) is 2.39. The van der Waals surface area contributed by atoms with E-state index in [-0.39, 0.29) is 30.1 Å². The number of ether oxygens (including phenoxy) is 1. The van der Waals surface area contributed by atoms with E-state index in [1.807, 2.05) is 51.1 Å². The zero-order valence-electron chi connectivity index (χ0n) is 16.4. The second-order valence-electron chi connectivity index (χ2n) is 6.32. The standard InChI is InChI=1S/C20H27ClN4O2.HI/c1-4-22-20(24-12-15-8-9-19(21)23-11-15)25-13-18(26)16-6-5-7-17(10-16)27-14(2)3;/h5-11,14,18,26H,4,12-13H2,1-3H3,(H2,22,24,25);1H. The molecule has 3 N–H and O–H groups in total. The van der Waals surface area contributed by atoms with Gasteiger partial charge in [-0.2, -0.15) is 0 Å². The topological polar surface area (TPSA) is 78.8 Å². The lowest BCUT2D eigenvalue weighted by Crippen LogP contribution is -2.39. The molecule has 154 valence electrons. The van der Waals surface area contributed by atoms with Crippen molar-refractivity contribution in [3.05, 3.63) is 58.9 Å². The quantitative estimate of drug-likeness (QED) is 0.214. The van der Waals surface area contributed by atoms with Crippen molar-refractivity contribution in [2.75, 3.05) is 13.1 Å². The van der Waals surface area contributed by atoms with Crippen LogP contribution in [0.25, 0.3) is 0 Å². The van der Waals surface area contributed by atoms with Gasteiger partial charge in [0, 0.05) is 19.3 Å². The minimum absolute atomic E-state index is 0. The third-order valence-electron chi connectivity index (χ3n) is 3.63. The number of nitrogens with one attached hydrogen (secondary N) is 2. The molecule has 0 bridgehead atoms. The zero-order chi connectivity index (χ0) is 19.6. The minimum Gasteiger partial charge on any atom is -0.491 e. The highest BCUT2D eigenvalue weighted by molar-refractivity contribution is 14.0. The maximum atomic E-state index is 10.5. The van der Waals surface area contributed by atoms with Crippen LogP contribution in [0.4, 0.5) is 0 Å². The summed E-state index contributed by atoms with van der Waals surface area (Å²) in [7, 11) is 0. The predicted octanol–water partition coefficient (Wildman–Crippen LogP) is 3.93. The normalized spacial score (nSPS) is 12.3. The number of guanidine groups is 1. The molecule has 0 saturated carbocycles. The van der Waals surface area contributed by atoms with Gasteiger partial charge in [-0.15, -0.1) is 24.0 Å². The maximum absolute atomic E-state index is 10.5. The maximum Gasteiger partial charge on any atom is 0.191 e. The molecule has 1 unspecified atom stereocenters. The van der Waals surface area contributed by atoms with Gasteiger partial charge >= 0.3 is 0 Å². The highest BCUT2D eigenvalue weighted by Crippen LogP contribution is 2.20. The van der Waals surface area contributed by atoms with E-state index < -0.39 is 6.10 Å². The van der Waals surface area contributed by atoms with E-state index >= 15 is 0 Å². The minimum atomic E-state index is -0.679. The molecule has 2 aromatic rings. The fraction of sp³-hybridized carbons (Fsp3) is 0.400. The Morgan fingerprint density at radius 2 is 2.04 bits per heavy atom. The second-order valence-corrected chi connectivity index (χ2v) is 6.71. The van der Waals surface area contributed by atoms with Gasteiger partial charge in [-0.3, -0.25) is 0 Å². The van der Waals surface area contributed by atoms with Crippen LogP contribution in [0.1, 0.15) is 38.0 Å². The van der Waals surface area contributed by atoms with Crippen molar-refractivity contribution in [1.29, 1.82) is 0 Å². The molecule has 2 rings (SSSR count). The summed E-state index contributed by atoms with van der Waals surface area (Å²) in [4.78, 5) is 8.56. The number of nitrogens with zero attached hydrogens (tertiary/aromatic N) is 2. The number of hydrogen-bond donors (Lipinski definition) is 3. The van der Waals surface area contributed by atoms with Gasteiger partial charge in [0.05, 0.1) is 18.8 Å². The van der Waals surface area contributed by atoms with Crippen LogP contribution >= 0.6 is 35.6 Å². The van der Waals surface area contributed by atoms with E-state index in [1.54, 1.807) is 12.3 Å². The summed E-state index contributed by atoms with van der Waals surface area (Å²) in [6.45, 7) is 7.45. The molecule has 0 amide bonds. The Balaban J connectivity index is 0.00000392. The van der Waals surface area contributed by atoms with Crippen LogP contribution in [-0.4, -0.2) is 35.2 Å². The molecule has 1 atom stereocenters. The van der Waals surface area contributed by atoms with Crippen molar-refractivity contribution in [2.45, 2.75) is 39.5 Å². The average Bonchev–Trinajstić information content (AvgIpc) is 2.64. The molecule has 0 radical (unpaired) electrons. The molecular weight excluding hydrogens is 491 g/mol. The Kier molecular flexibility index (Phi) is 11.2. The van der Waals surface area contributed by atoms with Crippen molar-refractivity contribution >= 4 is 41.5 Å². The SMILES string of the molecule is CCNC(=NCc1ccc(Cl)nc1)NCC(O)c1cccc(OC(C)C)c1.I. The largest absolute Gasteiger partial charge is 0.491 e. The van der Waals surface area contributed by atoms with Crippen LogP contribution in [0.5, 0.6) is 5.75 Å². The smallest absolute Gasteiger partial charge is 0.191 e. The second kappa shape index (κ2) is 12.8. The van der Waals surface area contributed by atoms with Crippen molar-refractivity contribution < 1.29 is 9.84 Å². The Hall–Kier alpha value is -1.58. The molecule has 1 heterocycles.